The number of rotatable bonds is 7. The topological polar surface area (TPSA) is 83.4 Å². The van der Waals surface area contributed by atoms with Crippen LogP contribution in [0.15, 0.2) is 23.3 Å². The van der Waals surface area contributed by atoms with Gasteiger partial charge in [-0.2, -0.15) is 10.7 Å². The molecule has 1 aliphatic carbocycles. The van der Waals surface area contributed by atoms with Crippen LogP contribution in [0.5, 0.6) is 0 Å². The van der Waals surface area contributed by atoms with E-state index in [-0.39, 0.29) is 17.2 Å². The van der Waals surface area contributed by atoms with Gasteiger partial charge in [-0.1, -0.05) is 39.0 Å². The van der Waals surface area contributed by atoms with E-state index >= 15 is 0 Å². The molecule has 2 N–H and O–H groups in total. The molecule has 1 atom stereocenters. The summed E-state index contributed by atoms with van der Waals surface area (Å²) in [5, 5.41) is 12.6. The Morgan fingerprint density at radius 3 is 2.55 bits per heavy atom. The quantitative estimate of drug-likeness (QED) is 0.338. The Kier molecular flexibility index (Phi) is 7.94. The van der Waals surface area contributed by atoms with E-state index in [1.54, 1.807) is 6.21 Å². The van der Waals surface area contributed by atoms with Crippen LogP contribution in [-0.4, -0.2) is 49.5 Å². The predicted octanol–water partition coefficient (Wildman–Crippen LogP) is 5.25. The first-order valence-electron chi connectivity index (χ1n) is 10.9. The zero-order chi connectivity index (χ0) is 23.4. The number of carbonyl (C=O) groups excluding carboxylic acids is 1. The van der Waals surface area contributed by atoms with Crippen molar-refractivity contribution < 1.29 is 19.2 Å². The summed E-state index contributed by atoms with van der Waals surface area (Å²) >= 11 is 0. The maximum absolute atomic E-state index is 13.2. The number of fused-ring (bicyclic) bond motifs is 1. The Hall–Kier alpha value is -1.90. The zero-order valence-corrected chi connectivity index (χ0v) is 21.3. The van der Waals surface area contributed by atoms with Gasteiger partial charge in [0.05, 0.1) is 18.9 Å². The summed E-state index contributed by atoms with van der Waals surface area (Å²) in [4.78, 5) is 15.0. The van der Waals surface area contributed by atoms with Crippen LogP contribution in [-0.2, 0) is 15.6 Å². The lowest BCUT2D eigenvalue weighted by Crippen LogP contribution is -2.45. The molecule has 0 heterocycles. The van der Waals surface area contributed by atoms with E-state index < -0.39 is 13.9 Å². The summed E-state index contributed by atoms with van der Waals surface area (Å²) in [6.07, 6.45) is 2.92. The van der Waals surface area contributed by atoms with Gasteiger partial charge in [0.15, 0.2) is 8.32 Å². The van der Waals surface area contributed by atoms with Crippen molar-refractivity contribution >= 4 is 20.6 Å². The minimum absolute atomic E-state index is 0.0803. The number of carbonyl (C=O) groups is 1. The zero-order valence-electron chi connectivity index (χ0n) is 20.3. The third kappa shape index (κ3) is 6.54. The molecule has 8 heteroatoms. The predicted molar refractivity (Wildman–Crippen MR) is 126 cm³/mol. The van der Waals surface area contributed by atoms with Gasteiger partial charge >= 0.3 is 6.09 Å². The van der Waals surface area contributed by atoms with E-state index in [2.05, 4.69) is 45.0 Å². The molecular weight excluding hydrogens is 410 g/mol. The van der Waals surface area contributed by atoms with Gasteiger partial charge in [0.1, 0.15) is 5.60 Å². The average molecular weight is 450 g/mol. The summed E-state index contributed by atoms with van der Waals surface area (Å²) in [6.45, 7) is 17.7. The van der Waals surface area contributed by atoms with E-state index in [0.29, 0.717) is 13.2 Å². The number of benzene rings is 1. The molecule has 0 spiro atoms. The molecule has 0 radical (unpaired) electrons. The van der Waals surface area contributed by atoms with Crippen LogP contribution < -0.4 is 5.59 Å². The van der Waals surface area contributed by atoms with E-state index in [0.717, 1.165) is 29.5 Å². The lowest BCUT2D eigenvalue weighted by Gasteiger charge is -2.38. The molecule has 0 fully saturated rings. The van der Waals surface area contributed by atoms with Crippen molar-refractivity contribution in [1.82, 2.24) is 10.5 Å². The molecule has 0 aliphatic heterocycles. The van der Waals surface area contributed by atoms with E-state index in [9.17, 15) is 4.79 Å². The molecule has 0 saturated carbocycles. The lowest BCUT2D eigenvalue weighted by molar-refractivity contribution is 0.0125. The van der Waals surface area contributed by atoms with Crippen molar-refractivity contribution in [2.24, 2.45) is 5.10 Å². The Labute approximate surface area is 187 Å². The van der Waals surface area contributed by atoms with Gasteiger partial charge < -0.3 is 9.16 Å². The van der Waals surface area contributed by atoms with Gasteiger partial charge in [0.2, 0.25) is 0 Å². The summed E-state index contributed by atoms with van der Waals surface area (Å²) in [5.74, 6) is 0. The Morgan fingerprint density at radius 1 is 1.29 bits per heavy atom. The highest BCUT2D eigenvalue weighted by Gasteiger charge is 2.38. The molecule has 7 nitrogen and oxygen atoms in total. The van der Waals surface area contributed by atoms with Crippen molar-refractivity contribution in [3.63, 3.8) is 0 Å². The fraction of sp³-hybridized carbons (Fsp3) is 0.652. The third-order valence-electron chi connectivity index (χ3n) is 6.14. The fourth-order valence-electron chi connectivity index (χ4n) is 3.51. The Balaban J connectivity index is 2.27. The molecule has 174 valence electrons. The van der Waals surface area contributed by atoms with Crippen LogP contribution in [0, 0.1) is 0 Å². The highest BCUT2D eigenvalue weighted by atomic mass is 28.4. The van der Waals surface area contributed by atoms with Crippen molar-refractivity contribution in [3.8, 4) is 0 Å². The van der Waals surface area contributed by atoms with Gasteiger partial charge in [-0.15, -0.1) is 0 Å². The molecule has 1 aromatic carbocycles. The standard InChI is InChI=1S/C23H39N3O4Si/c1-22(2,3)30-21(27)26(14-15-29-31(7,8)23(4,5)6)20-13-12-18-17(16-24-25-28)10-9-11-19(18)20/h9-11,16,20,25,28H,12-15H2,1-8H3. The maximum Gasteiger partial charge on any atom is 0.410 e. The van der Waals surface area contributed by atoms with E-state index in [1.165, 1.54) is 0 Å². The van der Waals surface area contributed by atoms with Gasteiger partial charge in [0, 0.05) is 6.54 Å². The summed E-state index contributed by atoms with van der Waals surface area (Å²) in [6, 6.07) is 5.89. The Bertz CT molecular complexity index is 797. The van der Waals surface area contributed by atoms with E-state index in [4.69, 9.17) is 14.4 Å². The molecule has 0 bridgehead atoms. The fourth-order valence-corrected chi connectivity index (χ4v) is 4.55. The molecule has 1 aliphatic rings. The van der Waals surface area contributed by atoms with Crippen LogP contribution >= 0.6 is 0 Å². The minimum atomic E-state index is -1.92. The van der Waals surface area contributed by atoms with Crippen LogP contribution in [0.3, 0.4) is 0 Å². The summed E-state index contributed by atoms with van der Waals surface area (Å²) in [5.41, 5.74) is 4.42. The number of hydrogen-bond acceptors (Lipinski definition) is 6. The minimum Gasteiger partial charge on any atom is -0.444 e. The first kappa shape index (κ1) is 25.4. The first-order chi connectivity index (χ1) is 14.3. The highest BCUT2D eigenvalue weighted by molar-refractivity contribution is 6.74. The van der Waals surface area contributed by atoms with Crippen LogP contribution in [0.25, 0.3) is 0 Å². The second-order valence-electron chi connectivity index (χ2n) is 10.6. The summed E-state index contributed by atoms with van der Waals surface area (Å²) in [7, 11) is -1.92. The van der Waals surface area contributed by atoms with Crippen LogP contribution in [0.1, 0.15) is 70.7 Å². The number of nitrogens with zero attached hydrogens (tertiary/aromatic N) is 2. The number of hydrogen-bond donors (Lipinski definition) is 2. The lowest BCUT2D eigenvalue weighted by atomic mass is 10.0. The largest absolute Gasteiger partial charge is 0.444 e. The number of ether oxygens (including phenoxy) is 1. The molecule has 0 saturated heterocycles. The number of hydrazone groups is 1. The monoisotopic (exact) mass is 449 g/mol. The second kappa shape index (κ2) is 9.71. The summed E-state index contributed by atoms with van der Waals surface area (Å²) < 4.78 is 12.1. The van der Waals surface area contributed by atoms with Crippen molar-refractivity contribution in [1.29, 1.82) is 0 Å². The molecule has 1 aromatic rings. The van der Waals surface area contributed by atoms with Crippen LogP contribution in [0.4, 0.5) is 4.79 Å². The molecule has 0 aromatic heterocycles. The Morgan fingerprint density at radius 2 is 1.97 bits per heavy atom. The molecule has 2 rings (SSSR count). The molecule has 1 amide bonds. The molecule has 1 unspecified atom stereocenters. The van der Waals surface area contributed by atoms with Crippen LogP contribution in [0.2, 0.25) is 18.1 Å². The SMILES string of the molecule is CC(C)(C)OC(=O)N(CCO[Si](C)(C)C(C)(C)C)C1CCc2c(C=NNO)cccc21. The van der Waals surface area contributed by atoms with Gasteiger partial charge in [-0.05, 0) is 68.4 Å². The first-order valence-corrected chi connectivity index (χ1v) is 13.9. The normalized spacial score (nSPS) is 17.0. The van der Waals surface area contributed by atoms with Crippen molar-refractivity contribution in [2.45, 2.75) is 84.2 Å². The van der Waals surface area contributed by atoms with Crippen molar-refractivity contribution in [2.75, 3.05) is 13.2 Å². The molecular formula is C23H39N3O4Si. The van der Waals surface area contributed by atoms with Gasteiger partial charge in [-0.3, -0.25) is 10.1 Å². The smallest absolute Gasteiger partial charge is 0.410 e. The molecule has 31 heavy (non-hydrogen) atoms. The maximum atomic E-state index is 13.2. The van der Waals surface area contributed by atoms with Gasteiger partial charge in [0.25, 0.3) is 0 Å². The number of nitrogens with one attached hydrogen (secondary N) is 1. The third-order valence-corrected chi connectivity index (χ3v) is 10.7. The number of amides is 1. The highest BCUT2D eigenvalue weighted by Crippen LogP contribution is 2.39. The average Bonchev–Trinajstić information content (AvgIpc) is 3.05. The van der Waals surface area contributed by atoms with E-state index in [1.807, 2.05) is 43.4 Å². The van der Waals surface area contributed by atoms with Gasteiger partial charge in [-0.25, -0.2) is 4.79 Å². The van der Waals surface area contributed by atoms with Crippen molar-refractivity contribution in [3.05, 3.63) is 34.9 Å². The second-order valence-corrected chi connectivity index (χ2v) is 15.4.